The molecule has 24 rings (SSSR count). The molecule has 0 fully saturated rings. The molecule has 0 unspecified atom stereocenters. The van der Waals surface area contributed by atoms with Gasteiger partial charge in [0.25, 0.3) is 0 Å². The van der Waals surface area contributed by atoms with E-state index >= 15 is 0 Å². The number of hydrogen-bond acceptors (Lipinski definition) is 4. The zero-order valence-corrected chi connectivity index (χ0v) is 62.8. The highest BCUT2D eigenvalue weighted by Gasteiger charge is 2.25. The predicted molar refractivity (Wildman–Crippen MR) is 484 cm³/mol. The molecule has 540 valence electrons. The van der Waals surface area contributed by atoms with Crippen molar-refractivity contribution in [2.24, 2.45) is 0 Å². The van der Waals surface area contributed by atoms with Crippen LogP contribution >= 0.6 is 0 Å². The van der Waals surface area contributed by atoms with E-state index in [0.717, 1.165) is 100 Å². The zero-order chi connectivity index (χ0) is 76.3. The maximum absolute atomic E-state index is 5.27. The van der Waals surface area contributed by atoms with Crippen LogP contribution < -0.4 is 0 Å². The molecule has 24 aromatic rings. The summed E-state index contributed by atoms with van der Waals surface area (Å²) in [4.78, 5) is 20.9. The zero-order valence-electron chi connectivity index (χ0n) is 62.8. The van der Waals surface area contributed by atoms with Gasteiger partial charge in [0.1, 0.15) is 0 Å². The standard InChI is InChI=1S/2C54H34N4/c1-3-15-36(16-4-1)54-55-47(39-27-26-35-14-7-8-17-37(35)32-39)34-48(56-54)43-23-13-18-38-33-41(28-29-42(38)43)57-50-25-12-10-22-46(50)52-51(57)31-30-45-44-21-9-11-24-49(44)58(53(45)52)40-19-5-2-6-20-40;1-3-15-36(16-4-1)47-34-48(39-27-26-35-14-7-8-17-37(35)32-39)56-54(55-47)45-23-13-18-38-33-41(28-29-42(38)45)57-50-25-12-10-22-46(50)52-51(57)31-30-44-43-21-9-11-24-49(43)58(53(44)52)40-19-5-2-6-20-40/h2*1-34H. The van der Waals surface area contributed by atoms with Crippen LogP contribution in [0.4, 0.5) is 0 Å². The third kappa shape index (κ3) is 10.9. The van der Waals surface area contributed by atoms with E-state index in [1.807, 2.05) is 24.3 Å². The number of para-hydroxylation sites is 6. The molecule has 0 spiro atoms. The number of fused-ring (bicyclic) bond motifs is 18. The fourth-order valence-electron chi connectivity index (χ4n) is 18.1. The first-order valence-corrected chi connectivity index (χ1v) is 39.5. The van der Waals surface area contributed by atoms with Crippen LogP contribution in [0.2, 0.25) is 0 Å². The molecular formula is C108H68N8. The number of aromatic nitrogens is 8. The minimum absolute atomic E-state index is 0.704. The molecule has 0 aliphatic rings. The van der Waals surface area contributed by atoms with Gasteiger partial charge < -0.3 is 18.3 Å². The smallest absolute Gasteiger partial charge is 0.161 e. The van der Waals surface area contributed by atoms with Gasteiger partial charge in [0.05, 0.1) is 66.9 Å². The molecule has 0 radical (unpaired) electrons. The van der Waals surface area contributed by atoms with E-state index in [1.165, 1.54) is 109 Å². The van der Waals surface area contributed by atoms with E-state index in [9.17, 15) is 0 Å². The highest BCUT2D eigenvalue weighted by molar-refractivity contribution is 6.28. The van der Waals surface area contributed by atoms with E-state index in [-0.39, 0.29) is 0 Å². The van der Waals surface area contributed by atoms with Gasteiger partial charge in [-0.05, 0) is 152 Å². The lowest BCUT2D eigenvalue weighted by atomic mass is 9.99. The first kappa shape index (κ1) is 66.2. The van der Waals surface area contributed by atoms with Gasteiger partial charge >= 0.3 is 0 Å². The molecule has 0 atom stereocenters. The van der Waals surface area contributed by atoms with Crippen molar-refractivity contribution in [3.8, 4) is 90.6 Å². The highest BCUT2D eigenvalue weighted by Crippen LogP contribution is 2.46. The molecule has 6 heterocycles. The molecule has 8 heteroatoms. The van der Waals surface area contributed by atoms with Crippen molar-refractivity contribution in [2.45, 2.75) is 0 Å². The topological polar surface area (TPSA) is 71.3 Å². The summed E-state index contributed by atoms with van der Waals surface area (Å²) in [5.41, 5.74) is 23.9. The Morgan fingerprint density at radius 3 is 1.03 bits per heavy atom. The molecule has 0 bridgehead atoms. The Morgan fingerprint density at radius 1 is 0.164 bits per heavy atom. The Bertz CT molecular complexity index is 7600. The van der Waals surface area contributed by atoms with Crippen LogP contribution in [0.5, 0.6) is 0 Å². The fourth-order valence-corrected chi connectivity index (χ4v) is 18.1. The second kappa shape index (κ2) is 27.1. The van der Waals surface area contributed by atoms with Crippen molar-refractivity contribution in [3.05, 3.63) is 413 Å². The largest absolute Gasteiger partial charge is 0.309 e. The first-order valence-electron chi connectivity index (χ1n) is 39.5. The van der Waals surface area contributed by atoms with Gasteiger partial charge in [-0.3, -0.25) is 0 Å². The van der Waals surface area contributed by atoms with E-state index in [4.69, 9.17) is 19.9 Å². The normalized spacial score (nSPS) is 11.8. The molecule has 0 N–H and O–H groups in total. The second-order valence-corrected chi connectivity index (χ2v) is 30.0. The molecule has 0 aliphatic carbocycles. The van der Waals surface area contributed by atoms with Crippen LogP contribution in [0, 0.1) is 0 Å². The van der Waals surface area contributed by atoms with E-state index in [2.05, 4.69) is 407 Å². The number of hydrogen-bond donors (Lipinski definition) is 0. The predicted octanol–water partition coefficient (Wildman–Crippen LogP) is 28.0. The van der Waals surface area contributed by atoms with E-state index in [0.29, 0.717) is 11.6 Å². The second-order valence-electron chi connectivity index (χ2n) is 30.0. The van der Waals surface area contributed by atoms with Crippen LogP contribution in [0.25, 0.3) is 221 Å². The summed E-state index contributed by atoms with van der Waals surface area (Å²) in [5, 5.41) is 19.3. The van der Waals surface area contributed by atoms with Gasteiger partial charge in [0.2, 0.25) is 0 Å². The molecule has 0 saturated heterocycles. The lowest BCUT2D eigenvalue weighted by molar-refractivity contribution is 1.18. The molecule has 8 nitrogen and oxygen atoms in total. The lowest BCUT2D eigenvalue weighted by Gasteiger charge is -2.13. The Hall–Kier alpha value is -15.6. The molecule has 0 saturated carbocycles. The molecule has 18 aromatic carbocycles. The summed E-state index contributed by atoms with van der Waals surface area (Å²) in [7, 11) is 0. The Balaban J connectivity index is 0.000000137. The van der Waals surface area contributed by atoms with Gasteiger partial charge in [-0.1, -0.05) is 303 Å². The monoisotopic (exact) mass is 1480 g/mol. The van der Waals surface area contributed by atoms with Gasteiger partial charge in [0, 0.05) is 99.2 Å². The van der Waals surface area contributed by atoms with E-state index in [1.54, 1.807) is 0 Å². The van der Waals surface area contributed by atoms with Crippen LogP contribution in [-0.4, -0.2) is 38.2 Å². The van der Waals surface area contributed by atoms with Gasteiger partial charge in [-0.2, -0.15) is 0 Å². The summed E-state index contributed by atoms with van der Waals surface area (Å²) in [6.07, 6.45) is 0. The molecule has 6 aromatic heterocycles. The Morgan fingerprint density at radius 2 is 0.526 bits per heavy atom. The van der Waals surface area contributed by atoms with Gasteiger partial charge in [-0.25, -0.2) is 19.9 Å². The summed E-state index contributed by atoms with van der Waals surface area (Å²) in [6.45, 7) is 0. The SMILES string of the molecule is c1ccc(-c2cc(-c3ccc4ccccc4c3)nc(-c3cccc4cc(-n5c6ccccc6c6c5ccc5c7ccccc7n(-c7ccccc7)c56)ccc34)n2)cc1.c1ccc(-c2nc(-c3ccc4ccccc4c3)cc(-c3cccc4cc(-n5c6ccccc6c6c5ccc5c7ccccc7n(-c7ccccc7)c56)ccc34)n2)cc1. The minimum Gasteiger partial charge on any atom is -0.309 e. The summed E-state index contributed by atoms with van der Waals surface area (Å²) in [6, 6.07) is 148. The van der Waals surface area contributed by atoms with Crippen molar-refractivity contribution < 1.29 is 0 Å². The maximum atomic E-state index is 5.27. The van der Waals surface area contributed by atoms with Crippen molar-refractivity contribution >= 4 is 130 Å². The van der Waals surface area contributed by atoms with Gasteiger partial charge in [0.15, 0.2) is 11.6 Å². The van der Waals surface area contributed by atoms with E-state index < -0.39 is 0 Å². The van der Waals surface area contributed by atoms with Crippen LogP contribution in [0.1, 0.15) is 0 Å². The average molecular weight is 1480 g/mol. The highest BCUT2D eigenvalue weighted by atomic mass is 15.0. The number of nitrogens with zero attached hydrogens (tertiary/aromatic N) is 8. The average Bonchev–Trinajstić information content (AvgIpc) is 1.55. The lowest BCUT2D eigenvalue weighted by Crippen LogP contribution is -1.98. The summed E-state index contributed by atoms with van der Waals surface area (Å²) < 4.78 is 9.73. The van der Waals surface area contributed by atoms with Crippen molar-refractivity contribution in [2.75, 3.05) is 0 Å². The molecule has 116 heavy (non-hydrogen) atoms. The van der Waals surface area contributed by atoms with Crippen LogP contribution in [0.3, 0.4) is 0 Å². The third-order valence-electron chi connectivity index (χ3n) is 23.4. The Kier molecular flexibility index (Phi) is 15.5. The Labute approximate surface area is 667 Å². The summed E-state index contributed by atoms with van der Waals surface area (Å²) in [5.74, 6) is 1.41. The number of benzene rings is 18. The van der Waals surface area contributed by atoms with Crippen molar-refractivity contribution in [1.29, 1.82) is 0 Å². The number of rotatable bonds is 10. The first-order chi connectivity index (χ1) is 57.5. The molecular weight excluding hydrogens is 1410 g/mol. The minimum atomic E-state index is 0.704. The van der Waals surface area contributed by atoms with Gasteiger partial charge in [-0.15, -0.1) is 0 Å². The van der Waals surface area contributed by atoms with Crippen molar-refractivity contribution in [1.82, 2.24) is 38.2 Å². The maximum Gasteiger partial charge on any atom is 0.161 e. The van der Waals surface area contributed by atoms with Crippen molar-refractivity contribution in [3.63, 3.8) is 0 Å². The van der Waals surface area contributed by atoms with Crippen LogP contribution in [-0.2, 0) is 0 Å². The molecule has 0 amide bonds. The summed E-state index contributed by atoms with van der Waals surface area (Å²) >= 11 is 0. The third-order valence-corrected chi connectivity index (χ3v) is 23.4. The van der Waals surface area contributed by atoms with Crippen LogP contribution in [0.15, 0.2) is 413 Å². The quantitative estimate of drug-likeness (QED) is 0.137. The molecule has 0 aliphatic heterocycles. The fraction of sp³-hybridized carbons (Fsp3) is 0.